The second-order valence-corrected chi connectivity index (χ2v) is 4.62. The first-order chi connectivity index (χ1) is 8.83. The third kappa shape index (κ3) is 2.16. The maximum Gasteiger partial charge on any atom is 0.125 e. The molecule has 2 N–H and O–H groups in total. The summed E-state index contributed by atoms with van der Waals surface area (Å²) in [7, 11) is 0. The molecule has 1 aliphatic heterocycles. The molecule has 0 amide bonds. The Kier molecular flexibility index (Phi) is 2.89. The molecule has 1 aliphatic rings. The predicted octanol–water partition coefficient (Wildman–Crippen LogP) is 2.58. The van der Waals surface area contributed by atoms with Crippen molar-refractivity contribution >= 4 is 5.82 Å². The van der Waals surface area contributed by atoms with Crippen LogP contribution in [0.15, 0.2) is 36.5 Å². The molecule has 0 saturated carbocycles. The van der Waals surface area contributed by atoms with Gasteiger partial charge in [-0.05, 0) is 41.7 Å². The number of pyridine rings is 1. The number of aromatic nitrogens is 1. The average molecular weight is 240 g/mol. The Bertz CT molecular complexity index is 566. The normalized spacial score (nSPS) is 13.8. The summed E-state index contributed by atoms with van der Waals surface area (Å²) in [5.41, 5.74) is 9.43. The summed E-state index contributed by atoms with van der Waals surface area (Å²) < 4.78 is 5.81. The van der Waals surface area contributed by atoms with E-state index in [0.717, 1.165) is 31.6 Å². The third-order valence-corrected chi connectivity index (χ3v) is 3.26. The van der Waals surface area contributed by atoms with Gasteiger partial charge in [0.1, 0.15) is 11.6 Å². The van der Waals surface area contributed by atoms with Crippen molar-refractivity contribution in [2.45, 2.75) is 19.3 Å². The van der Waals surface area contributed by atoms with Crippen LogP contribution < -0.4 is 10.5 Å². The fourth-order valence-corrected chi connectivity index (χ4v) is 2.42. The smallest absolute Gasteiger partial charge is 0.125 e. The SMILES string of the molecule is Nc1cc(Cc2cccc3c2OCCC3)ccn1. The second kappa shape index (κ2) is 4.69. The third-order valence-electron chi connectivity index (χ3n) is 3.26. The summed E-state index contributed by atoms with van der Waals surface area (Å²) in [6, 6.07) is 10.3. The van der Waals surface area contributed by atoms with E-state index in [2.05, 4.69) is 23.2 Å². The minimum atomic E-state index is 0.568. The molecule has 3 rings (SSSR count). The van der Waals surface area contributed by atoms with E-state index >= 15 is 0 Å². The number of aryl methyl sites for hydroxylation is 1. The van der Waals surface area contributed by atoms with E-state index in [1.165, 1.54) is 16.7 Å². The van der Waals surface area contributed by atoms with Crippen LogP contribution in [-0.4, -0.2) is 11.6 Å². The van der Waals surface area contributed by atoms with E-state index < -0.39 is 0 Å². The van der Waals surface area contributed by atoms with Crippen molar-refractivity contribution < 1.29 is 4.74 Å². The summed E-state index contributed by atoms with van der Waals surface area (Å²) >= 11 is 0. The molecule has 0 unspecified atom stereocenters. The Morgan fingerprint density at radius 2 is 2.22 bits per heavy atom. The monoisotopic (exact) mass is 240 g/mol. The van der Waals surface area contributed by atoms with E-state index in [4.69, 9.17) is 10.5 Å². The summed E-state index contributed by atoms with van der Waals surface area (Å²) in [4.78, 5) is 4.02. The molecule has 0 atom stereocenters. The largest absolute Gasteiger partial charge is 0.493 e. The van der Waals surface area contributed by atoms with Crippen molar-refractivity contribution in [2.24, 2.45) is 0 Å². The van der Waals surface area contributed by atoms with Gasteiger partial charge in [0.15, 0.2) is 0 Å². The van der Waals surface area contributed by atoms with Crippen molar-refractivity contribution in [3.05, 3.63) is 53.2 Å². The van der Waals surface area contributed by atoms with Crippen LogP contribution in [0.5, 0.6) is 5.75 Å². The zero-order valence-electron chi connectivity index (χ0n) is 10.2. The van der Waals surface area contributed by atoms with Crippen molar-refractivity contribution in [3.8, 4) is 5.75 Å². The number of hydrogen-bond acceptors (Lipinski definition) is 3. The maximum absolute atomic E-state index is 5.81. The summed E-state index contributed by atoms with van der Waals surface area (Å²) in [6.45, 7) is 0.822. The van der Waals surface area contributed by atoms with Gasteiger partial charge in [0.2, 0.25) is 0 Å². The second-order valence-electron chi connectivity index (χ2n) is 4.62. The highest BCUT2D eigenvalue weighted by Crippen LogP contribution is 2.30. The number of nitrogens with zero attached hydrogens (tertiary/aromatic N) is 1. The number of fused-ring (bicyclic) bond motifs is 1. The van der Waals surface area contributed by atoms with Crippen molar-refractivity contribution in [3.63, 3.8) is 0 Å². The van der Waals surface area contributed by atoms with E-state index in [1.807, 2.05) is 12.1 Å². The molecule has 0 bridgehead atoms. The van der Waals surface area contributed by atoms with E-state index in [-0.39, 0.29) is 0 Å². The standard InChI is InChI=1S/C15H16N2O/c16-14-10-11(6-7-17-14)9-13-4-1-3-12-5-2-8-18-15(12)13/h1,3-4,6-7,10H,2,5,8-9H2,(H2,16,17). The van der Waals surface area contributed by atoms with Gasteiger partial charge in [0.05, 0.1) is 6.61 Å². The van der Waals surface area contributed by atoms with Gasteiger partial charge in [-0.3, -0.25) is 0 Å². The highest BCUT2D eigenvalue weighted by atomic mass is 16.5. The molecule has 92 valence electrons. The molecule has 1 aromatic heterocycles. The number of ether oxygens (including phenoxy) is 1. The van der Waals surface area contributed by atoms with Crippen molar-refractivity contribution in [1.29, 1.82) is 0 Å². The fraction of sp³-hybridized carbons (Fsp3) is 0.267. The number of rotatable bonds is 2. The highest BCUT2D eigenvalue weighted by Gasteiger charge is 2.14. The van der Waals surface area contributed by atoms with Crippen LogP contribution >= 0.6 is 0 Å². The lowest BCUT2D eigenvalue weighted by Crippen LogP contribution is -2.10. The molecule has 3 heteroatoms. The van der Waals surface area contributed by atoms with Crippen LogP contribution in [0.25, 0.3) is 0 Å². The van der Waals surface area contributed by atoms with Crippen LogP contribution in [0.1, 0.15) is 23.1 Å². The Labute approximate surface area is 107 Å². The molecule has 0 fully saturated rings. The van der Waals surface area contributed by atoms with Gasteiger partial charge in [0, 0.05) is 12.6 Å². The first-order valence-electron chi connectivity index (χ1n) is 6.27. The van der Waals surface area contributed by atoms with Gasteiger partial charge >= 0.3 is 0 Å². The van der Waals surface area contributed by atoms with Crippen molar-refractivity contribution in [2.75, 3.05) is 12.3 Å². The molecule has 1 aromatic carbocycles. The number of hydrogen-bond donors (Lipinski definition) is 1. The number of nitrogen functional groups attached to an aromatic ring is 1. The summed E-state index contributed by atoms with van der Waals surface area (Å²) in [5.74, 6) is 1.64. The minimum absolute atomic E-state index is 0.568. The molecule has 0 spiro atoms. The number of para-hydroxylation sites is 1. The first kappa shape index (κ1) is 11.1. The predicted molar refractivity (Wildman–Crippen MR) is 71.7 cm³/mol. The lowest BCUT2D eigenvalue weighted by Gasteiger charge is -2.20. The molecule has 0 radical (unpaired) electrons. The molecule has 18 heavy (non-hydrogen) atoms. The molecule has 3 nitrogen and oxygen atoms in total. The minimum Gasteiger partial charge on any atom is -0.493 e. The average Bonchev–Trinajstić information content (AvgIpc) is 2.39. The van der Waals surface area contributed by atoms with Gasteiger partial charge in [-0.2, -0.15) is 0 Å². The Hall–Kier alpha value is -2.03. The topological polar surface area (TPSA) is 48.1 Å². The Morgan fingerprint density at radius 1 is 1.28 bits per heavy atom. The Morgan fingerprint density at radius 3 is 3.11 bits per heavy atom. The molecular weight excluding hydrogens is 224 g/mol. The first-order valence-corrected chi connectivity index (χ1v) is 6.27. The van der Waals surface area contributed by atoms with Crippen LogP contribution in [0.4, 0.5) is 5.82 Å². The number of benzene rings is 1. The number of nitrogens with two attached hydrogens (primary N) is 1. The molecular formula is C15H16N2O. The zero-order chi connectivity index (χ0) is 12.4. The van der Waals surface area contributed by atoms with Gasteiger partial charge in [-0.15, -0.1) is 0 Å². The highest BCUT2D eigenvalue weighted by molar-refractivity contribution is 5.46. The van der Waals surface area contributed by atoms with Gasteiger partial charge in [0.25, 0.3) is 0 Å². The molecule has 2 aromatic rings. The molecule has 0 saturated heterocycles. The van der Waals surface area contributed by atoms with Crippen LogP contribution in [0, 0.1) is 0 Å². The summed E-state index contributed by atoms with van der Waals surface area (Å²) in [6.07, 6.45) is 4.82. The van der Waals surface area contributed by atoms with Gasteiger partial charge in [-0.1, -0.05) is 18.2 Å². The molecule has 0 aliphatic carbocycles. The van der Waals surface area contributed by atoms with E-state index in [0.29, 0.717) is 5.82 Å². The zero-order valence-corrected chi connectivity index (χ0v) is 10.2. The van der Waals surface area contributed by atoms with E-state index in [1.54, 1.807) is 6.20 Å². The quantitative estimate of drug-likeness (QED) is 0.877. The molecule has 2 heterocycles. The van der Waals surface area contributed by atoms with Gasteiger partial charge < -0.3 is 10.5 Å². The maximum atomic E-state index is 5.81. The lowest BCUT2D eigenvalue weighted by atomic mass is 9.98. The Balaban J connectivity index is 1.93. The van der Waals surface area contributed by atoms with Crippen LogP contribution in [0.2, 0.25) is 0 Å². The van der Waals surface area contributed by atoms with E-state index in [9.17, 15) is 0 Å². The van der Waals surface area contributed by atoms with Crippen LogP contribution in [-0.2, 0) is 12.8 Å². The van der Waals surface area contributed by atoms with Crippen LogP contribution in [0.3, 0.4) is 0 Å². The van der Waals surface area contributed by atoms with Crippen molar-refractivity contribution in [1.82, 2.24) is 4.98 Å². The van der Waals surface area contributed by atoms with Gasteiger partial charge in [-0.25, -0.2) is 4.98 Å². The number of anilines is 1. The summed E-state index contributed by atoms with van der Waals surface area (Å²) in [5, 5.41) is 0. The lowest BCUT2D eigenvalue weighted by molar-refractivity contribution is 0.285. The fourth-order valence-electron chi connectivity index (χ4n) is 2.42.